The van der Waals surface area contributed by atoms with Crippen molar-refractivity contribution < 1.29 is 9.53 Å². The summed E-state index contributed by atoms with van der Waals surface area (Å²) in [4.78, 5) is 13.7. The van der Waals surface area contributed by atoms with E-state index in [-0.39, 0.29) is 11.7 Å². The zero-order chi connectivity index (χ0) is 21.8. The number of nitrogens with one attached hydrogen (secondary N) is 1. The van der Waals surface area contributed by atoms with Crippen LogP contribution in [-0.2, 0) is 31.3 Å². The van der Waals surface area contributed by atoms with E-state index in [4.69, 9.17) is 4.74 Å². The summed E-state index contributed by atoms with van der Waals surface area (Å²) >= 11 is 2.85. The molecular formula is C22H23N5O2S2. The third kappa shape index (κ3) is 4.92. The Hall–Kier alpha value is -2.83. The van der Waals surface area contributed by atoms with Gasteiger partial charge in [0.05, 0.1) is 11.3 Å². The van der Waals surface area contributed by atoms with Crippen LogP contribution in [0.15, 0.2) is 29.4 Å². The molecular weight excluding hydrogens is 430 g/mol. The van der Waals surface area contributed by atoms with Crippen molar-refractivity contribution in [3.8, 4) is 11.8 Å². The number of aromatic nitrogens is 3. The number of hydrogen-bond acceptors (Lipinski definition) is 7. The number of anilines is 1. The first-order chi connectivity index (χ1) is 15.0. The third-order valence-corrected chi connectivity index (χ3v) is 7.41. The van der Waals surface area contributed by atoms with Crippen LogP contribution in [0.4, 0.5) is 5.00 Å². The summed E-state index contributed by atoms with van der Waals surface area (Å²) < 4.78 is 7.60. The molecule has 0 radical (unpaired) electrons. The fourth-order valence-electron chi connectivity index (χ4n) is 3.44. The zero-order valence-corrected chi connectivity index (χ0v) is 19.1. The number of carbonyl (C=O) groups is 1. The molecule has 0 aliphatic heterocycles. The van der Waals surface area contributed by atoms with E-state index in [0.29, 0.717) is 28.2 Å². The van der Waals surface area contributed by atoms with E-state index in [9.17, 15) is 10.1 Å². The van der Waals surface area contributed by atoms with Crippen molar-refractivity contribution in [2.45, 2.75) is 44.4 Å². The number of aryl methyl sites for hydroxylation is 2. The topological polar surface area (TPSA) is 92.8 Å². The molecule has 1 aliphatic carbocycles. The molecule has 4 rings (SSSR count). The standard InChI is InChI=1S/C22H23N5O2S2/c1-14-7-9-15(10-8-14)29-12-19-25-26-22(27(19)2)30-13-20(28)24-21-17(11-23)16-5-3-4-6-18(16)31-21/h7-10H,3-6,12-13H2,1-2H3,(H,24,28). The SMILES string of the molecule is Cc1ccc(OCc2nnc(SCC(=O)Nc3sc4c(c3C#N)CCCC4)n2C)cc1. The van der Waals surface area contributed by atoms with Gasteiger partial charge in [-0.1, -0.05) is 29.5 Å². The van der Waals surface area contributed by atoms with Crippen molar-refractivity contribution in [2.75, 3.05) is 11.1 Å². The smallest absolute Gasteiger partial charge is 0.235 e. The number of carbonyl (C=O) groups excluding carboxylic acids is 1. The van der Waals surface area contributed by atoms with Gasteiger partial charge in [-0.05, 0) is 50.3 Å². The fraction of sp³-hybridized carbons (Fsp3) is 0.364. The van der Waals surface area contributed by atoms with Gasteiger partial charge in [0.15, 0.2) is 11.0 Å². The highest BCUT2D eigenvalue weighted by Gasteiger charge is 2.22. The molecule has 1 amide bonds. The van der Waals surface area contributed by atoms with E-state index in [1.54, 1.807) is 0 Å². The summed E-state index contributed by atoms with van der Waals surface area (Å²) in [7, 11) is 1.86. The monoisotopic (exact) mass is 453 g/mol. The van der Waals surface area contributed by atoms with Crippen molar-refractivity contribution >= 4 is 34.0 Å². The Morgan fingerprint density at radius 2 is 2.06 bits per heavy atom. The van der Waals surface area contributed by atoms with Crippen molar-refractivity contribution in [1.29, 1.82) is 5.26 Å². The maximum atomic E-state index is 12.5. The van der Waals surface area contributed by atoms with Crippen molar-refractivity contribution in [1.82, 2.24) is 14.8 Å². The number of thioether (sulfide) groups is 1. The average molecular weight is 454 g/mol. The first-order valence-corrected chi connectivity index (χ1v) is 11.9. The Morgan fingerprint density at radius 1 is 1.29 bits per heavy atom. The highest BCUT2D eigenvalue weighted by Crippen LogP contribution is 2.37. The molecule has 9 heteroatoms. The quantitative estimate of drug-likeness (QED) is 0.538. The molecule has 1 aliphatic rings. The van der Waals surface area contributed by atoms with Gasteiger partial charge >= 0.3 is 0 Å². The first kappa shape index (κ1) is 21.4. The molecule has 3 aromatic rings. The van der Waals surface area contributed by atoms with E-state index < -0.39 is 0 Å². The highest BCUT2D eigenvalue weighted by molar-refractivity contribution is 7.99. The molecule has 2 heterocycles. The van der Waals surface area contributed by atoms with Crippen molar-refractivity contribution in [3.63, 3.8) is 0 Å². The summed E-state index contributed by atoms with van der Waals surface area (Å²) in [5.41, 5.74) is 2.92. The van der Waals surface area contributed by atoms with Gasteiger partial charge in [0, 0.05) is 11.9 Å². The van der Waals surface area contributed by atoms with Crippen LogP contribution in [0.25, 0.3) is 0 Å². The molecule has 1 aromatic carbocycles. The predicted octanol–water partition coefficient (Wildman–Crippen LogP) is 4.25. The predicted molar refractivity (Wildman–Crippen MR) is 122 cm³/mol. The number of ether oxygens (including phenoxy) is 1. The van der Waals surface area contributed by atoms with E-state index in [0.717, 1.165) is 37.0 Å². The molecule has 0 spiro atoms. The van der Waals surface area contributed by atoms with Gasteiger partial charge in [0.1, 0.15) is 23.4 Å². The van der Waals surface area contributed by atoms with Crippen LogP contribution in [-0.4, -0.2) is 26.4 Å². The lowest BCUT2D eigenvalue weighted by Crippen LogP contribution is -2.14. The van der Waals surface area contributed by atoms with E-state index in [2.05, 4.69) is 21.6 Å². The minimum absolute atomic E-state index is 0.152. The Labute approximate surface area is 189 Å². The molecule has 0 saturated heterocycles. The van der Waals surface area contributed by atoms with Gasteiger partial charge < -0.3 is 14.6 Å². The number of hydrogen-bond donors (Lipinski definition) is 1. The van der Waals surface area contributed by atoms with E-state index in [1.165, 1.54) is 33.5 Å². The summed E-state index contributed by atoms with van der Waals surface area (Å²) in [5, 5.41) is 22.1. The lowest BCUT2D eigenvalue weighted by molar-refractivity contribution is -0.113. The molecule has 0 fully saturated rings. The van der Waals surface area contributed by atoms with E-state index in [1.807, 2.05) is 42.8 Å². The van der Waals surface area contributed by atoms with Crippen LogP contribution >= 0.6 is 23.1 Å². The van der Waals surface area contributed by atoms with Crippen LogP contribution in [0.2, 0.25) is 0 Å². The van der Waals surface area contributed by atoms with Crippen LogP contribution < -0.4 is 10.1 Å². The Balaban J connectivity index is 1.33. The first-order valence-electron chi connectivity index (χ1n) is 10.1. The minimum atomic E-state index is -0.152. The van der Waals surface area contributed by atoms with Crippen LogP contribution in [0, 0.1) is 18.3 Å². The summed E-state index contributed by atoms with van der Waals surface area (Å²) in [5.74, 6) is 1.49. The summed E-state index contributed by atoms with van der Waals surface area (Å²) in [6.45, 7) is 2.32. The van der Waals surface area contributed by atoms with E-state index >= 15 is 0 Å². The number of nitriles is 1. The number of rotatable bonds is 7. The largest absolute Gasteiger partial charge is 0.486 e. The van der Waals surface area contributed by atoms with Crippen LogP contribution in [0.3, 0.4) is 0 Å². The molecule has 1 N–H and O–H groups in total. The lowest BCUT2D eigenvalue weighted by atomic mass is 9.96. The third-order valence-electron chi connectivity index (χ3n) is 5.18. The number of benzene rings is 1. The molecule has 0 unspecified atom stereocenters. The molecule has 0 atom stereocenters. The Bertz CT molecular complexity index is 1130. The maximum Gasteiger partial charge on any atom is 0.235 e. The zero-order valence-electron chi connectivity index (χ0n) is 17.5. The van der Waals surface area contributed by atoms with Gasteiger partial charge in [-0.25, -0.2) is 0 Å². The van der Waals surface area contributed by atoms with Gasteiger partial charge in [-0.15, -0.1) is 21.5 Å². The second-order valence-electron chi connectivity index (χ2n) is 7.42. The minimum Gasteiger partial charge on any atom is -0.486 e. The van der Waals surface area contributed by atoms with Crippen molar-refractivity contribution in [3.05, 3.63) is 51.7 Å². The van der Waals surface area contributed by atoms with Crippen LogP contribution in [0.5, 0.6) is 5.75 Å². The Kier molecular flexibility index (Phi) is 6.59. The van der Waals surface area contributed by atoms with Gasteiger partial charge in [0.25, 0.3) is 0 Å². The molecule has 7 nitrogen and oxygen atoms in total. The molecule has 0 bridgehead atoms. The fourth-order valence-corrected chi connectivity index (χ4v) is 5.43. The second-order valence-corrected chi connectivity index (χ2v) is 9.47. The second kappa shape index (κ2) is 9.54. The highest BCUT2D eigenvalue weighted by atomic mass is 32.2. The summed E-state index contributed by atoms with van der Waals surface area (Å²) in [6, 6.07) is 10.1. The van der Waals surface area contributed by atoms with Gasteiger partial charge in [0.2, 0.25) is 5.91 Å². The number of nitrogens with zero attached hydrogens (tertiary/aromatic N) is 4. The lowest BCUT2D eigenvalue weighted by Gasteiger charge is -2.09. The maximum absolute atomic E-state index is 12.5. The summed E-state index contributed by atoms with van der Waals surface area (Å²) in [6.07, 6.45) is 4.16. The normalized spacial score (nSPS) is 12.8. The molecule has 160 valence electrons. The number of fused-ring (bicyclic) bond motifs is 1. The Morgan fingerprint density at radius 3 is 2.84 bits per heavy atom. The molecule has 31 heavy (non-hydrogen) atoms. The molecule has 2 aromatic heterocycles. The van der Waals surface area contributed by atoms with Gasteiger partial charge in [-0.2, -0.15) is 5.26 Å². The van der Waals surface area contributed by atoms with Crippen LogP contribution in [0.1, 0.15) is 40.2 Å². The molecule has 0 saturated carbocycles. The van der Waals surface area contributed by atoms with Gasteiger partial charge in [-0.3, -0.25) is 4.79 Å². The average Bonchev–Trinajstić information content (AvgIpc) is 3.31. The van der Waals surface area contributed by atoms with Crippen molar-refractivity contribution in [2.24, 2.45) is 7.05 Å². The number of thiophene rings is 1. The number of amides is 1.